The number of benzene rings is 1. The summed E-state index contributed by atoms with van der Waals surface area (Å²) in [6.07, 6.45) is 0.393. The lowest BCUT2D eigenvalue weighted by Crippen LogP contribution is -2.18. The average molecular weight is 286 g/mol. The maximum Gasteiger partial charge on any atom is 0.307 e. The Morgan fingerprint density at radius 2 is 2.21 bits per heavy atom. The molecule has 1 aromatic rings. The number of carbonyl (C=O) groups is 1. The Morgan fingerprint density at radius 3 is 2.74 bits per heavy atom. The monoisotopic (exact) mass is 285 g/mol. The molecule has 3 nitrogen and oxygen atoms in total. The molecule has 0 aromatic heterocycles. The van der Waals surface area contributed by atoms with Gasteiger partial charge < -0.3 is 10.4 Å². The summed E-state index contributed by atoms with van der Waals surface area (Å²) in [5, 5.41) is 12.1. The molecule has 1 aliphatic rings. The van der Waals surface area contributed by atoms with Gasteiger partial charge in [0.1, 0.15) is 5.82 Å². The van der Waals surface area contributed by atoms with Crippen molar-refractivity contribution in [1.82, 2.24) is 5.32 Å². The number of halogens is 2. The molecular weight excluding hydrogens is 269 g/mol. The molecule has 2 rings (SSSR count). The van der Waals surface area contributed by atoms with Crippen molar-refractivity contribution < 1.29 is 14.3 Å². The van der Waals surface area contributed by atoms with E-state index < -0.39 is 17.7 Å². The highest BCUT2D eigenvalue weighted by Gasteiger charge is 2.32. The van der Waals surface area contributed by atoms with Crippen molar-refractivity contribution >= 4 is 17.6 Å². The van der Waals surface area contributed by atoms with Gasteiger partial charge in [0.2, 0.25) is 0 Å². The summed E-state index contributed by atoms with van der Waals surface area (Å²) in [6, 6.07) is 3.14. The Bertz CT molecular complexity index is 504. The van der Waals surface area contributed by atoms with Gasteiger partial charge in [-0.1, -0.05) is 31.5 Å². The van der Waals surface area contributed by atoms with Gasteiger partial charge in [-0.25, -0.2) is 4.39 Å². The molecule has 0 aliphatic carbocycles. The first-order valence-corrected chi connectivity index (χ1v) is 6.73. The SMILES string of the molecule is CC(C)c1cc(Cl)c(F)c(C2CC(C(=O)O)CN2)c1. The second-order valence-corrected chi connectivity index (χ2v) is 5.70. The number of hydrogen-bond donors (Lipinski definition) is 2. The fraction of sp³-hybridized carbons (Fsp3) is 0.500. The molecular formula is C14H17ClFNO2. The van der Waals surface area contributed by atoms with E-state index in [-0.39, 0.29) is 17.0 Å². The third-order valence-electron chi connectivity index (χ3n) is 3.60. The number of rotatable bonds is 3. The Balaban J connectivity index is 2.32. The topological polar surface area (TPSA) is 49.3 Å². The highest BCUT2D eigenvalue weighted by atomic mass is 35.5. The normalized spacial score (nSPS) is 23.0. The van der Waals surface area contributed by atoms with E-state index in [1.807, 2.05) is 13.8 Å². The van der Waals surface area contributed by atoms with Crippen LogP contribution in [0.3, 0.4) is 0 Å². The van der Waals surface area contributed by atoms with Gasteiger partial charge in [0, 0.05) is 18.2 Å². The number of nitrogens with one attached hydrogen (secondary N) is 1. The van der Waals surface area contributed by atoms with Crippen LogP contribution in [-0.4, -0.2) is 17.6 Å². The number of carboxylic acid groups (broad SMARTS) is 1. The molecule has 5 heteroatoms. The largest absolute Gasteiger partial charge is 0.481 e. The van der Waals surface area contributed by atoms with Crippen molar-refractivity contribution in [2.24, 2.45) is 5.92 Å². The molecule has 1 saturated heterocycles. The molecule has 1 aliphatic heterocycles. The lowest BCUT2D eigenvalue weighted by atomic mass is 9.94. The van der Waals surface area contributed by atoms with Crippen molar-refractivity contribution in [3.8, 4) is 0 Å². The van der Waals surface area contributed by atoms with Crippen LogP contribution in [0.1, 0.15) is 43.4 Å². The first kappa shape index (κ1) is 14.3. The highest BCUT2D eigenvalue weighted by molar-refractivity contribution is 6.30. The van der Waals surface area contributed by atoms with Gasteiger partial charge in [-0.3, -0.25) is 4.79 Å². The number of aliphatic carboxylic acids is 1. The molecule has 1 heterocycles. The standard InChI is InChI=1S/C14H17ClFNO2/c1-7(2)8-3-10(13(16)11(15)4-8)12-5-9(6-17-12)14(18)19/h3-4,7,9,12,17H,5-6H2,1-2H3,(H,18,19). The minimum absolute atomic E-state index is 0.0989. The number of carboxylic acids is 1. The first-order valence-electron chi connectivity index (χ1n) is 6.35. The van der Waals surface area contributed by atoms with E-state index in [4.69, 9.17) is 16.7 Å². The molecule has 0 bridgehead atoms. The molecule has 0 saturated carbocycles. The van der Waals surface area contributed by atoms with Crippen LogP contribution in [0, 0.1) is 11.7 Å². The van der Waals surface area contributed by atoms with Crippen molar-refractivity contribution in [1.29, 1.82) is 0 Å². The van der Waals surface area contributed by atoms with Gasteiger partial charge in [0.05, 0.1) is 10.9 Å². The van der Waals surface area contributed by atoms with E-state index in [1.165, 1.54) is 0 Å². The molecule has 0 radical (unpaired) electrons. The van der Waals surface area contributed by atoms with Crippen LogP contribution in [0.5, 0.6) is 0 Å². The lowest BCUT2D eigenvalue weighted by Gasteiger charge is -2.16. The molecule has 104 valence electrons. The molecule has 19 heavy (non-hydrogen) atoms. The van der Waals surface area contributed by atoms with Gasteiger partial charge >= 0.3 is 5.97 Å². The van der Waals surface area contributed by atoms with E-state index in [1.54, 1.807) is 12.1 Å². The summed E-state index contributed by atoms with van der Waals surface area (Å²) in [7, 11) is 0. The van der Waals surface area contributed by atoms with Crippen LogP contribution in [0.25, 0.3) is 0 Å². The molecule has 2 N–H and O–H groups in total. The van der Waals surface area contributed by atoms with E-state index in [0.717, 1.165) is 5.56 Å². The van der Waals surface area contributed by atoms with Crippen molar-refractivity contribution in [2.45, 2.75) is 32.2 Å². The van der Waals surface area contributed by atoms with Gasteiger partial charge in [-0.2, -0.15) is 0 Å². The minimum atomic E-state index is -0.846. The minimum Gasteiger partial charge on any atom is -0.481 e. The Kier molecular flexibility index (Phi) is 4.11. The summed E-state index contributed by atoms with van der Waals surface area (Å²) in [4.78, 5) is 10.9. The van der Waals surface area contributed by atoms with Crippen molar-refractivity contribution in [3.05, 3.63) is 34.1 Å². The third kappa shape index (κ3) is 2.90. The van der Waals surface area contributed by atoms with Crippen LogP contribution in [-0.2, 0) is 4.79 Å². The Hall–Kier alpha value is -1.13. The first-order chi connectivity index (χ1) is 8.90. The van der Waals surface area contributed by atoms with Crippen LogP contribution >= 0.6 is 11.6 Å². The molecule has 2 unspecified atom stereocenters. The van der Waals surface area contributed by atoms with E-state index in [9.17, 15) is 9.18 Å². The summed E-state index contributed by atoms with van der Waals surface area (Å²) in [5.74, 6) is -1.52. The highest BCUT2D eigenvalue weighted by Crippen LogP contribution is 2.34. The second-order valence-electron chi connectivity index (χ2n) is 5.29. The maximum atomic E-state index is 14.1. The smallest absolute Gasteiger partial charge is 0.307 e. The van der Waals surface area contributed by atoms with E-state index >= 15 is 0 Å². The lowest BCUT2D eigenvalue weighted by molar-refractivity contribution is -0.141. The molecule has 0 spiro atoms. The fourth-order valence-electron chi connectivity index (χ4n) is 2.38. The zero-order valence-corrected chi connectivity index (χ0v) is 11.7. The predicted octanol–water partition coefficient (Wildman–Crippen LogP) is 3.34. The number of hydrogen-bond acceptors (Lipinski definition) is 2. The van der Waals surface area contributed by atoms with Gasteiger partial charge in [0.15, 0.2) is 0 Å². The van der Waals surface area contributed by atoms with Crippen LogP contribution in [0.4, 0.5) is 4.39 Å². The molecule has 0 amide bonds. The quantitative estimate of drug-likeness (QED) is 0.895. The summed E-state index contributed by atoms with van der Waals surface area (Å²) < 4.78 is 14.1. The van der Waals surface area contributed by atoms with Gasteiger partial charge in [0.25, 0.3) is 0 Å². The summed E-state index contributed by atoms with van der Waals surface area (Å²) >= 11 is 5.92. The molecule has 1 fully saturated rings. The van der Waals surface area contributed by atoms with Crippen molar-refractivity contribution in [2.75, 3.05) is 6.54 Å². The van der Waals surface area contributed by atoms with Gasteiger partial charge in [-0.15, -0.1) is 0 Å². The van der Waals surface area contributed by atoms with Crippen LogP contribution in [0.2, 0.25) is 5.02 Å². The zero-order valence-electron chi connectivity index (χ0n) is 10.9. The Morgan fingerprint density at radius 1 is 1.53 bits per heavy atom. The predicted molar refractivity (Wildman–Crippen MR) is 72.0 cm³/mol. The average Bonchev–Trinajstić information content (AvgIpc) is 2.81. The van der Waals surface area contributed by atoms with Crippen molar-refractivity contribution in [3.63, 3.8) is 0 Å². The maximum absolute atomic E-state index is 14.1. The molecule has 1 aromatic carbocycles. The summed E-state index contributed by atoms with van der Waals surface area (Å²) in [5.41, 5.74) is 1.43. The zero-order chi connectivity index (χ0) is 14.2. The molecule has 2 atom stereocenters. The van der Waals surface area contributed by atoms with E-state index in [2.05, 4.69) is 5.32 Å². The summed E-state index contributed by atoms with van der Waals surface area (Å²) in [6.45, 7) is 4.38. The van der Waals surface area contributed by atoms with E-state index in [0.29, 0.717) is 18.5 Å². The van der Waals surface area contributed by atoms with Crippen LogP contribution < -0.4 is 5.32 Å². The second kappa shape index (κ2) is 5.47. The van der Waals surface area contributed by atoms with Gasteiger partial charge in [-0.05, 0) is 24.0 Å². The Labute approximate surface area is 116 Å². The fourth-order valence-corrected chi connectivity index (χ4v) is 2.61. The van der Waals surface area contributed by atoms with Crippen LogP contribution in [0.15, 0.2) is 12.1 Å². The third-order valence-corrected chi connectivity index (χ3v) is 3.88.